The molecule has 1 heterocycles. The number of allylic oxidation sites excluding steroid dienone is 3. The minimum atomic E-state index is -0.328. The molecule has 1 atom stereocenters. The highest BCUT2D eigenvalue weighted by Crippen LogP contribution is 2.26. The molecule has 0 bridgehead atoms. The standard InChI is InChI=1S/C14H16N2O3/c1-3-19-8-14(18)15-10-4-5-11-9(2)6-13(17)16-12(11)7-10/h4-7,11H,3,8H2,1-2H3,(H,16,17). The minimum Gasteiger partial charge on any atom is -0.372 e. The number of aliphatic imine (C=N–C) groups is 1. The number of nitrogens with zero attached hydrogens (tertiary/aromatic N) is 1. The van der Waals surface area contributed by atoms with Crippen LogP contribution in [0.15, 0.2) is 40.6 Å². The van der Waals surface area contributed by atoms with Gasteiger partial charge in [-0.05, 0) is 26.0 Å². The van der Waals surface area contributed by atoms with E-state index in [1.165, 1.54) is 0 Å². The summed E-state index contributed by atoms with van der Waals surface area (Å²) in [5, 5.41) is 2.77. The van der Waals surface area contributed by atoms with Gasteiger partial charge in [0.25, 0.3) is 5.91 Å². The number of fused-ring (bicyclic) bond motifs is 1. The zero-order valence-electron chi connectivity index (χ0n) is 11.0. The molecule has 1 aliphatic carbocycles. The molecule has 0 aromatic rings. The number of nitrogens with one attached hydrogen (secondary N) is 1. The lowest BCUT2D eigenvalue weighted by Crippen LogP contribution is -2.32. The highest BCUT2D eigenvalue weighted by atomic mass is 16.5. The van der Waals surface area contributed by atoms with Gasteiger partial charge in [0.05, 0.1) is 5.71 Å². The van der Waals surface area contributed by atoms with E-state index in [1.54, 1.807) is 18.2 Å². The smallest absolute Gasteiger partial charge is 0.272 e. The molecule has 19 heavy (non-hydrogen) atoms. The second-order valence-electron chi connectivity index (χ2n) is 4.38. The van der Waals surface area contributed by atoms with Crippen LogP contribution in [-0.2, 0) is 14.3 Å². The average molecular weight is 260 g/mol. The van der Waals surface area contributed by atoms with E-state index in [1.807, 2.05) is 19.9 Å². The summed E-state index contributed by atoms with van der Waals surface area (Å²) in [6, 6.07) is 0. The van der Waals surface area contributed by atoms with E-state index in [9.17, 15) is 9.59 Å². The van der Waals surface area contributed by atoms with Gasteiger partial charge in [0.2, 0.25) is 5.91 Å². The van der Waals surface area contributed by atoms with Gasteiger partial charge in [-0.3, -0.25) is 9.59 Å². The van der Waals surface area contributed by atoms with E-state index < -0.39 is 0 Å². The molecule has 5 heteroatoms. The molecule has 1 N–H and O–H groups in total. The van der Waals surface area contributed by atoms with Crippen molar-refractivity contribution < 1.29 is 14.3 Å². The maximum absolute atomic E-state index is 11.5. The van der Waals surface area contributed by atoms with Gasteiger partial charge in [0.15, 0.2) is 0 Å². The van der Waals surface area contributed by atoms with Crippen molar-refractivity contribution in [2.24, 2.45) is 10.9 Å². The molecule has 0 radical (unpaired) electrons. The maximum Gasteiger partial charge on any atom is 0.272 e. The van der Waals surface area contributed by atoms with Crippen molar-refractivity contribution in [2.45, 2.75) is 13.8 Å². The van der Waals surface area contributed by atoms with E-state index in [2.05, 4.69) is 10.3 Å². The first-order valence-corrected chi connectivity index (χ1v) is 6.18. The molecule has 2 rings (SSSR count). The highest BCUT2D eigenvalue weighted by molar-refractivity contribution is 6.11. The van der Waals surface area contributed by atoms with Gasteiger partial charge in [-0.25, -0.2) is 4.99 Å². The van der Waals surface area contributed by atoms with Crippen LogP contribution in [0, 0.1) is 5.92 Å². The first-order chi connectivity index (χ1) is 9.10. The lowest BCUT2D eigenvalue weighted by atomic mass is 9.89. The average Bonchev–Trinajstić information content (AvgIpc) is 2.35. The monoisotopic (exact) mass is 260 g/mol. The quantitative estimate of drug-likeness (QED) is 0.827. The summed E-state index contributed by atoms with van der Waals surface area (Å²) in [6.07, 6.45) is 7.01. The van der Waals surface area contributed by atoms with Crippen LogP contribution in [0.25, 0.3) is 0 Å². The van der Waals surface area contributed by atoms with Crippen molar-refractivity contribution >= 4 is 17.5 Å². The van der Waals surface area contributed by atoms with Crippen molar-refractivity contribution in [1.82, 2.24) is 5.32 Å². The van der Waals surface area contributed by atoms with Crippen LogP contribution >= 0.6 is 0 Å². The number of ether oxygens (including phenoxy) is 1. The van der Waals surface area contributed by atoms with Crippen LogP contribution in [0.5, 0.6) is 0 Å². The van der Waals surface area contributed by atoms with E-state index in [0.717, 1.165) is 11.3 Å². The number of carbonyl (C=O) groups is 2. The second kappa shape index (κ2) is 5.75. The van der Waals surface area contributed by atoms with Gasteiger partial charge in [-0.15, -0.1) is 0 Å². The zero-order valence-corrected chi connectivity index (χ0v) is 11.0. The van der Waals surface area contributed by atoms with Crippen molar-refractivity contribution in [1.29, 1.82) is 0 Å². The van der Waals surface area contributed by atoms with Crippen LogP contribution in [0.4, 0.5) is 0 Å². The predicted octanol–water partition coefficient (Wildman–Crippen LogP) is 1.14. The Labute approximate surface area is 111 Å². The number of carbonyl (C=O) groups excluding carboxylic acids is 2. The molecular weight excluding hydrogens is 244 g/mol. The first-order valence-electron chi connectivity index (χ1n) is 6.18. The first kappa shape index (κ1) is 13.4. The lowest BCUT2D eigenvalue weighted by molar-refractivity contribution is -0.122. The number of amides is 2. The third kappa shape index (κ3) is 3.26. The summed E-state index contributed by atoms with van der Waals surface area (Å²) in [4.78, 5) is 26.8. The summed E-state index contributed by atoms with van der Waals surface area (Å²) >= 11 is 0. The Hall–Kier alpha value is -2.01. The fourth-order valence-electron chi connectivity index (χ4n) is 2.02. The number of rotatable bonds is 3. The summed E-state index contributed by atoms with van der Waals surface area (Å²) in [5.41, 5.74) is 2.27. The highest BCUT2D eigenvalue weighted by Gasteiger charge is 2.23. The zero-order chi connectivity index (χ0) is 13.8. The van der Waals surface area contributed by atoms with Crippen LogP contribution in [-0.4, -0.2) is 30.7 Å². The largest absolute Gasteiger partial charge is 0.372 e. The van der Waals surface area contributed by atoms with Gasteiger partial charge in [-0.1, -0.05) is 11.6 Å². The topological polar surface area (TPSA) is 67.8 Å². The van der Waals surface area contributed by atoms with Crippen molar-refractivity contribution in [2.75, 3.05) is 13.2 Å². The van der Waals surface area contributed by atoms with Crippen LogP contribution in [0.2, 0.25) is 0 Å². The fraction of sp³-hybridized carbons (Fsp3) is 0.357. The van der Waals surface area contributed by atoms with Crippen LogP contribution in [0.1, 0.15) is 13.8 Å². The van der Waals surface area contributed by atoms with Crippen molar-refractivity contribution in [3.63, 3.8) is 0 Å². The molecule has 2 aliphatic rings. The molecule has 0 saturated carbocycles. The molecule has 0 saturated heterocycles. The molecule has 5 nitrogen and oxygen atoms in total. The SMILES string of the molecule is CCOCC(=O)N=C1C=CC2C(C)=CC(=O)NC2=C1. The molecule has 0 aromatic heterocycles. The van der Waals surface area contributed by atoms with Crippen LogP contribution < -0.4 is 5.32 Å². The Morgan fingerprint density at radius 2 is 2.26 bits per heavy atom. The Morgan fingerprint density at radius 1 is 1.47 bits per heavy atom. The fourth-order valence-corrected chi connectivity index (χ4v) is 2.02. The van der Waals surface area contributed by atoms with Gasteiger partial charge in [0, 0.05) is 24.3 Å². The Balaban J connectivity index is 2.14. The van der Waals surface area contributed by atoms with Crippen molar-refractivity contribution in [3.8, 4) is 0 Å². The minimum absolute atomic E-state index is 0.0221. The predicted molar refractivity (Wildman–Crippen MR) is 71.5 cm³/mol. The van der Waals surface area contributed by atoms with Crippen LogP contribution in [0.3, 0.4) is 0 Å². The summed E-state index contributed by atoms with van der Waals surface area (Å²) in [5.74, 6) is -0.403. The maximum atomic E-state index is 11.5. The normalized spacial score (nSPS) is 23.6. The van der Waals surface area contributed by atoms with Gasteiger partial charge in [0.1, 0.15) is 6.61 Å². The third-order valence-corrected chi connectivity index (χ3v) is 2.90. The van der Waals surface area contributed by atoms with E-state index in [4.69, 9.17) is 4.74 Å². The lowest BCUT2D eigenvalue weighted by Gasteiger charge is -2.25. The van der Waals surface area contributed by atoms with Gasteiger partial charge in [-0.2, -0.15) is 0 Å². The van der Waals surface area contributed by atoms with E-state index >= 15 is 0 Å². The Bertz CT molecular complexity index is 527. The third-order valence-electron chi connectivity index (χ3n) is 2.90. The van der Waals surface area contributed by atoms with Crippen molar-refractivity contribution in [3.05, 3.63) is 35.6 Å². The van der Waals surface area contributed by atoms with E-state index in [-0.39, 0.29) is 24.3 Å². The van der Waals surface area contributed by atoms with Gasteiger partial charge >= 0.3 is 0 Å². The number of hydrogen-bond donors (Lipinski definition) is 1. The molecule has 0 fully saturated rings. The summed E-state index contributed by atoms with van der Waals surface area (Å²) in [6.45, 7) is 4.19. The molecule has 2 amide bonds. The Morgan fingerprint density at radius 3 is 3.00 bits per heavy atom. The molecular formula is C14H16N2O3. The van der Waals surface area contributed by atoms with Gasteiger partial charge < -0.3 is 10.1 Å². The molecule has 0 spiro atoms. The summed E-state index contributed by atoms with van der Waals surface area (Å²) < 4.78 is 5.00. The summed E-state index contributed by atoms with van der Waals surface area (Å²) in [7, 11) is 0. The molecule has 100 valence electrons. The Kier molecular flexibility index (Phi) is 4.06. The second-order valence-corrected chi connectivity index (χ2v) is 4.38. The molecule has 1 aliphatic heterocycles. The number of hydrogen-bond acceptors (Lipinski definition) is 3. The van der Waals surface area contributed by atoms with E-state index in [0.29, 0.717) is 12.3 Å². The molecule has 1 unspecified atom stereocenters. The molecule has 0 aromatic carbocycles.